The molecule has 21 heavy (non-hydrogen) atoms. The maximum atomic E-state index is 12.0. The van der Waals surface area contributed by atoms with Crippen molar-refractivity contribution in [2.45, 2.75) is 33.1 Å². The van der Waals surface area contributed by atoms with E-state index in [1.54, 1.807) is 13.0 Å². The zero-order valence-electron chi connectivity index (χ0n) is 12.4. The smallest absolute Gasteiger partial charge is 0.225 e. The maximum absolute atomic E-state index is 12.0. The Morgan fingerprint density at radius 1 is 1.38 bits per heavy atom. The Labute approximate surface area is 133 Å². The van der Waals surface area contributed by atoms with Gasteiger partial charge in [0.25, 0.3) is 0 Å². The van der Waals surface area contributed by atoms with Crippen molar-refractivity contribution in [1.29, 1.82) is 0 Å². The predicted octanol–water partition coefficient (Wildman–Crippen LogP) is 2.74. The van der Waals surface area contributed by atoms with Crippen molar-refractivity contribution in [3.8, 4) is 0 Å². The molecule has 0 unspecified atom stereocenters. The van der Waals surface area contributed by atoms with Crippen LogP contribution in [0.1, 0.15) is 31.9 Å². The van der Waals surface area contributed by atoms with E-state index in [0.29, 0.717) is 18.2 Å². The van der Waals surface area contributed by atoms with Crippen molar-refractivity contribution in [3.05, 3.63) is 22.3 Å². The van der Waals surface area contributed by atoms with Gasteiger partial charge in [-0.25, -0.2) is 4.98 Å². The Bertz CT molecular complexity index is 540. The molecule has 1 aromatic rings. The van der Waals surface area contributed by atoms with Crippen LogP contribution in [-0.4, -0.2) is 34.8 Å². The normalized spacial score (nSPS) is 15.9. The molecule has 0 radical (unpaired) electrons. The minimum Gasteiger partial charge on any atom is -0.343 e. The summed E-state index contributed by atoms with van der Waals surface area (Å²) in [5.74, 6) is 1.04. The van der Waals surface area contributed by atoms with Crippen LogP contribution in [-0.2, 0) is 9.59 Å². The Morgan fingerprint density at radius 2 is 2.05 bits per heavy atom. The SMILES string of the molecule is CC(=O)N1CCC(CC(=O)Nc2ccc(Br)c(C)n2)CC1. The molecule has 0 aliphatic carbocycles. The van der Waals surface area contributed by atoms with Crippen LogP contribution in [0.15, 0.2) is 16.6 Å². The topological polar surface area (TPSA) is 62.3 Å². The quantitative estimate of drug-likeness (QED) is 0.908. The molecule has 0 atom stereocenters. The lowest BCUT2D eigenvalue weighted by atomic mass is 9.93. The molecule has 1 aromatic heterocycles. The second-order valence-electron chi connectivity index (χ2n) is 5.47. The monoisotopic (exact) mass is 353 g/mol. The Hall–Kier alpha value is -1.43. The zero-order chi connectivity index (χ0) is 15.4. The Kier molecular flexibility index (Phi) is 5.33. The molecule has 0 aromatic carbocycles. The van der Waals surface area contributed by atoms with Crippen LogP contribution in [0.5, 0.6) is 0 Å². The largest absolute Gasteiger partial charge is 0.343 e. The molecule has 2 rings (SSSR count). The third kappa shape index (κ3) is 4.52. The van der Waals surface area contributed by atoms with E-state index >= 15 is 0 Å². The standard InChI is InChI=1S/C15H20BrN3O2/c1-10-13(16)3-4-14(17-10)18-15(21)9-12-5-7-19(8-6-12)11(2)20/h3-4,12H,5-9H2,1-2H3,(H,17,18,21). The summed E-state index contributed by atoms with van der Waals surface area (Å²) in [6, 6.07) is 3.66. The van der Waals surface area contributed by atoms with E-state index in [2.05, 4.69) is 26.2 Å². The highest BCUT2D eigenvalue weighted by atomic mass is 79.9. The van der Waals surface area contributed by atoms with Gasteiger partial charge in [0, 0.05) is 30.9 Å². The number of piperidine rings is 1. The number of amides is 2. The zero-order valence-corrected chi connectivity index (χ0v) is 13.9. The van der Waals surface area contributed by atoms with Gasteiger partial charge >= 0.3 is 0 Å². The van der Waals surface area contributed by atoms with Gasteiger partial charge in [-0.2, -0.15) is 0 Å². The van der Waals surface area contributed by atoms with E-state index in [-0.39, 0.29) is 11.8 Å². The summed E-state index contributed by atoms with van der Waals surface area (Å²) in [6.07, 6.45) is 2.27. The first-order chi connectivity index (χ1) is 9.95. The lowest BCUT2D eigenvalue weighted by molar-refractivity contribution is -0.130. The van der Waals surface area contributed by atoms with Gasteiger partial charge in [0.15, 0.2) is 0 Å². The number of nitrogens with one attached hydrogen (secondary N) is 1. The van der Waals surface area contributed by atoms with Crippen molar-refractivity contribution in [2.24, 2.45) is 5.92 Å². The molecule has 6 heteroatoms. The molecule has 1 saturated heterocycles. The van der Waals surface area contributed by atoms with E-state index in [9.17, 15) is 9.59 Å². The third-order valence-corrected chi connectivity index (χ3v) is 4.66. The molecule has 1 aliphatic heterocycles. The van der Waals surface area contributed by atoms with E-state index in [1.807, 2.05) is 17.9 Å². The number of pyridine rings is 1. The number of aryl methyl sites for hydroxylation is 1. The summed E-state index contributed by atoms with van der Waals surface area (Å²) in [5, 5.41) is 2.84. The number of halogens is 1. The van der Waals surface area contributed by atoms with E-state index in [1.165, 1.54) is 0 Å². The molecule has 1 fully saturated rings. The fourth-order valence-electron chi connectivity index (χ4n) is 2.52. The van der Waals surface area contributed by atoms with Gasteiger partial charge in [-0.1, -0.05) is 0 Å². The number of rotatable bonds is 3. The molecule has 1 aliphatic rings. The highest BCUT2D eigenvalue weighted by molar-refractivity contribution is 9.10. The summed E-state index contributed by atoms with van der Waals surface area (Å²) >= 11 is 3.39. The number of carbonyl (C=O) groups excluding carboxylic acids is 2. The lowest BCUT2D eigenvalue weighted by Crippen LogP contribution is -2.37. The first-order valence-corrected chi connectivity index (χ1v) is 7.93. The Morgan fingerprint density at radius 3 is 2.62 bits per heavy atom. The maximum Gasteiger partial charge on any atom is 0.225 e. The van der Waals surface area contributed by atoms with Crippen LogP contribution in [0, 0.1) is 12.8 Å². The highest BCUT2D eigenvalue weighted by Crippen LogP contribution is 2.21. The highest BCUT2D eigenvalue weighted by Gasteiger charge is 2.22. The fraction of sp³-hybridized carbons (Fsp3) is 0.533. The van der Waals surface area contributed by atoms with Crippen LogP contribution in [0.3, 0.4) is 0 Å². The molecule has 0 bridgehead atoms. The first kappa shape index (κ1) is 15.9. The number of anilines is 1. The lowest BCUT2D eigenvalue weighted by Gasteiger charge is -2.30. The van der Waals surface area contributed by atoms with Crippen LogP contribution < -0.4 is 5.32 Å². The summed E-state index contributed by atoms with van der Waals surface area (Å²) in [5.41, 5.74) is 0.850. The van der Waals surface area contributed by atoms with Crippen LogP contribution in [0.4, 0.5) is 5.82 Å². The van der Waals surface area contributed by atoms with E-state index < -0.39 is 0 Å². The van der Waals surface area contributed by atoms with E-state index in [4.69, 9.17) is 0 Å². The van der Waals surface area contributed by atoms with Crippen molar-refractivity contribution in [1.82, 2.24) is 9.88 Å². The molecular weight excluding hydrogens is 334 g/mol. The molecule has 114 valence electrons. The summed E-state index contributed by atoms with van der Waals surface area (Å²) in [7, 11) is 0. The molecule has 0 saturated carbocycles. The van der Waals surface area contributed by atoms with Gasteiger partial charge in [-0.05, 0) is 53.7 Å². The Balaban J connectivity index is 1.82. The van der Waals surface area contributed by atoms with Gasteiger partial charge < -0.3 is 10.2 Å². The number of nitrogens with zero attached hydrogens (tertiary/aromatic N) is 2. The minimum absolute atomic E-state index is 0.00880. The average Bonchev–Trinajstić information content (AvgIpc) is 2.43. The minimum atomic E-state index is -0.00880. The number of hydrogen-bond donors (Lipinski definition) is 1. The molecule has 1 N–H and O–H groups in total. The van der Waals surface area contributed by atoms with Gasteiger partial charge in [0.1, 0.15) is 5.82 Å². The predicted molar refractivity (Wildman–Crippen MR) is 84.9 cm³/mol. The first-order valence-electron chi connectivity index (χ1n) is 7.14. The second kappa shape index (κ2) is 7.02. The second-order valence-corrected chi connectivity index (χ2v) is 6.32. The van der Waals surface area contributed by atoms with Crippen LogP contribution in [0.2, 0.25) is 0 Å². The van der Waals surface area contributed by atoms with Gasteiger partial charge in [-0.15, -0.1) is 0 Å². The molecule has 2 heterocycles. The number of carbonyl (C=O) groups is 2. The third-order valence-electron chi connectivity index (χ3n) is 3.82. The summed E-state index contributed by atoms with van der Waals surface area (Å²) < 4.78 is 0.928. The van der Waals surface area contributed by atoms with Crippen molar-refractivity contribution >= 4 is 33.6 Å². The molecular formula is C15H20BrN3O2. The van der Waals surface area contributed by atoms with Crippen molar-refractivity contribution in [2.75, 3.05) is 18.4 Å². The summed E-state index contributed by atoms with van der Waals surface area (Å²) in [4.78, 5) is 29.5. The molecule has 5 nitrogen and oxygen atoms in total. The van der Waals surface area contributed by atoms with Crippen LogP contribution >= 0.6 is 15.9 Å². The summed E-state index contributed by atoms with van der Waals surface area (Å²) in [6.45, 7) is 4.98. The molecule has 0 spiro atoms. The molecule has 2 amide bonds. The number of hydrogen-bond acceptors (Lipinski definition) is 3. The van der Waals surface area contributed by atoms with Gasteiger partial charge in [0.2, 0.25) is 11.8 Å². The van der Waals surface area contributed by atoms with Crippen LogP contribution in [0.25, 0.3) is 0 Å². The van der Waals surface area contributed by atoms with Gasteiger partial charge in [-0.3, -0.25) is 9.59 Å². The van der Waals surface area contributed by atoms with Crippen molar-refractivity contribution < 1.29 is 9.59 Å². The number of aromatic nitrogens is 1. The van der Waals surface area contributed by atoms with E-state index in [0.717, 1.165) is 36.1 Å². The van der Waals surface area contributed by atoms with Gasteiger partial charge in [0.05, 0.1) is 5.69 Å². The fourth-order valence-corrected chi connectivity index (χ4v) is 2.74. The van der Waals surface area contributed by atoms with Crippen molar-refractivity contribution in [3.63, 3.8) is 0 Å². The number of likely N-dealkylation sites (tertiary alicyclic amines) is 1. The average molecular weight is 354 g/mol.